The van der Waals surface area contributed by atoms with Crippen molar-refractivity contribution in [2.24, 2.45) is 0 Å². The number of hydrogen-bond acceptors (Lipinski definition) is 6. The third-order valence-electron chi connectivity index (χ3n) is 5.82. The summed E-state index contributed by atoms with van der Waals surface area (Å²) < 4.78 is 90.9. The van der Waals surface area contributed by atoms with Crippen LogP contribution in [0.2, 0.25) is 0 Å². The van der Waals surface area contributed by atoms with Crippen LogP contribution in [-0.2, 0) is 36.5 Å². The highest BCUT2D eigenvalue weighted by atomic mass is 32.1. The molecule has 5 rings (SSSR count). The summed E-state index contributed by atoms with van der Waals surface area (Å²) >= 11 is 1.47. The van der Waals surface area contributed by atoms with Crippen LogP contribution in [0.5, 0.6) is 11.6 Å². The van der Waals surface area contributed by atoms with Crippen molar-refractivity contribution in [2.75, 3.05) is 26.3 Å². The van der Waals surface area contributed by atoms with Crippen LogP contribution in [0.25, 0.3) is 10.2 Å². The molecule has 182 valence electrons. The SMILES string of the molecule is FC(F)(F)c1cc(Oc2nc(CN3CCOCC3)nc3sc4c(c23)CCC4)cc(C(F)(F)F)c1. The first-order valence-electron chi connectivity index (χ1n) is 10.7. The van der Waals surface area contributed by atoms with E-state index in [1.54, 1.807) is 0 Å². The molecule has 0 radical (unpaired) electrons. The van der Waals surface area contributed by atoms with Gasteiger partial charge in [-0.15, -0.1) is 11.3 Å². The van der Waals surface area contributed by atoms with Gasteiger partial charge in [0.2, 0.25) is 5.88 Å². The molecule has 0 N–H and O–H groups in total. The molecule has 2 aliphatic rings. The number of morpholine rings is 1. The molecule has 2 aromatic heterocycles. The summed E-state index contributed by atoms with van der Waals surface area (Å²) in [6.07, 6.45) is -7.45. The van der Waals surface area contributed by atoms with Gasteiger partial charge < -0.3 is 9.47 Å². The average Bonchev–Trinajstić information content (AvgIpc) is 3.34. The standard InChI is InChI=1S/C22H19F6N3O2S/c23-21(24,25)12-8-13(22(26,27)28)10-14(9-12)33-19-18-15-2-1-3-16(15)34-20(18)30-17(29-19)11-31-4-6-32-7-5-31/h8-10H,1-7,11H2. The summed E-state index contributed by atoms with van der Waals surface area (Å²) in [4.78, 5) is 12.9. The lowest BCUT2D eigenvalue weighted by Crippen LogP contribution is -2.36. The Bertz CT molecular complexity index is 1190. The van der Waals surface area contributed by atoms with Gasteiger partial charge in [-0.25, -0.2) is 4.98 Å². The van der Waals surface area contributed by atoms with E-state index in [0.29, 0.717) is 61.0 Å². The molecule has 0 bridgehead atoms. The molecule has 0 unspecified atom stereocenters. The summed E-state index contributed by atoms with van der Waals surface area (Å²) in [6.45, 7) is 2.82. The maximum absolute atomic E-state index is 13.3. The summed E-state index contributed by atoms with van der Waals surface area (Å²) in [7, 11) is 0. The van der Waals surface area contributed by atoms with Crippen molar-refractivity contribution >= 4 is 21.6 Å². The molecule has 5 nitrogen and oxygen atoms in total. The topological polar surface area (TPSA) is 47.5 Å². The van der Waals surface area contributed by atoms with Gasteiger partial charge in [0.25, 0.3) is 0 Å². The number of aryl methyl sites for hydroxylation is 2. The number of alkyl halides is 6. The Morgan fingerprint density at radius 2 is 1.62 bits per heavy atom. The van der Waals surface area contributed by atoms with E-state index in [4.69, 9.17) is 9.47 Å². The Kier molecular flexibility index (Phi) is 5.93. The van der Waals surface area contributed by atoms with Crippen molar-refractivity contribution in [1.82, 2.24) is 14.9 Å². The Labute approximate surface area is 194 Å². The van der Waals surface area contributed by atoms with E-state index >= 15 is 0 Å². The summed E-state index contributed by atoms with van der Waals surface area (Å²) in [5, 5.41) is 0.564. The minimum absolute atomic E-state index is 0.0138. The van der Waals surface area contributed by atoms with Gasteiger partial charge in [-0.05, 0) is 43.0 Å². The number of ether oxygens (including phenoxy) is 2. The predicted molar refractivity (Wildman–Crippen MR) is 112 cm³/mol. The van der Waals surface area contributed by atoms with Crippen LogP contribution in [0, 0.1) is 0 Å². The van der Waals surface area contributed by atoms with Gasteiger partial charge in [-0.1, -0.05) is 0 Å². The van der Waals surface area contributed by atoms with E-state index in [1.165, 1.54) is 11.3 Å². The van der Waals surface area contributed by atoms with Gasteiger partial charge in [-0.3, -0.25) is 4.90 Å². The predicted octanol–water partition coefficient (Wildman–Crippen LogP) is 5.84. The summed E-state index contributed by atoms with van der Waals surface area (Å²) in [5.74, 6) is -0.190. The molecule has 1 saturated heterocycles. The van der Waals surface area contributed by atoms with Crippen molar-refractivity contribution in [3.05, 3.63) is 45.6 Å². The van der Waals surface area contributed by atoms with E-state index in [2.05, 4.69) is 14.9 Å². The van der Waals surface area contributed by atoms with E-state index in [-0.39, 0.29) is 11.9 Å². The number of aromatic nitrogens is 2. The highest BCUT2D eigenvalue weighted by Gasteiger charge is 2.37. The number of rotatable bonds is 4. The van der Waals surface area contributed by atoms with Crippen LogP contribution in [0.4, 0.5) is 26.3 Å². The van der Waals surface area contributed by atoms with Crippen molar-refractivity contribution in [1.29, 1.82) is 0 Å². The number of fused-ring (bicyclic) bond motifs is 3. The molecular weight excluding hydrogens is 484 g/mol. The zero-order chi connectivity index (χ0) is 24.1. The smallest absolute Gasteiger partial charge is 0.416 e. The molecule has 0 saturated carbocycles. The van der Waals surface area contributed by atoms with Crippen LogP contribution in [-0.4, -0.2) is 41.2 Å². The number of thiophene rings is 1. The quantitative estimate of drug-likeness (QED) is 0.419. The number of halogens is 6. The van der Waals surface area contributed by atoms with Gasteiger partial charge in [0, 0.05) is 18.0 Å². The molecule has 3 heterocycles. The third kappa shape index (κ3) is 4.71. The maximum Gasteiger partial charge on any atom is 0.416 e. The molecule has 1 fully saturated rings. The largest absolute Gasteiger partial charge is 0.438 e. The van der Waals surface area contributed by atoms with Gasteiger partial charge in [0.15, 0.2) is 0 Å². The lowest BCUT2D eigenvalue weighted by atomic mass is 10.1. The highest BCUT2D eigenvalue weighted by molar-refractivity contribution is 7.19. The van der Waals surface area contributed by atoms with Gasteiger partial charge in [0.05, 0.1) is 36.3 Å². The molecule has 1 aliphatic carbocycles. The first-order chi connectivity index (χ1) is 16.1. The monoisotopic (exact) mass is 503 g/mol. The summed E-state index contributed by atoms with van der Waals surface area (Å²) in [5.41, 5.74) is -1.92. The zero-order valence-corrected chi connectivity index (χ0v) is 18.5. The lowest BCUT2D eigenvalue weighted by molar-refractivity contribution is -0.143. The highest BCUT2D eigenvalue weighted by Crippen LogP contribution is 2.43. The van der Waals surface area contributed by atoms with E-state index in [9.17, 15) is 26.3 Å². The van der Waals surface area contributed by atoms with Crippen LogP contribution in [0.1, 0.15) is 33.8 Å². The van der Waals surface area contributed by atoms with Gasteiger partial charge >= 0.3 is 12.4 Å². The second-order valence-electron chi connectivity index (χ2n) is 8.21. The number of hydrogen-bond donors (Lipinski definition) is 0. The van der Waals surface area contributed by atoms with E-state index < -0.39 is 29.2 Å². The Balaban J connectivity index is 1.58. The molecule has 1 aliphatic heterocycles. The Hall–Kier alpha value is -2.44. The molecule has 34 heavy (non-hydrogen) atoms. The maximum atomic E-state index is 13.3. The van der Waals surface area contributed by atoms with Crippen molar-refractivity contribution in [3.63, 3.8) is 0 Å². The van der Waals surface area contributed by atoms with Crippen LogP contribution in [0.3, 0.4) is 0 Å². The fraction of sp³-hybridized carbons (Fsp3) is 0.455. The van der Waals surface area contributed by atoms with Crippen LogP contribution >= 0.6 is 11.3 Å². The Morgan fingerprint density at radius 3 is 2.26 bits per heavy atom. The number of nitrogens with zero attached hydrogens (tertiary/aromatic N) is 3. The number of benzene rings is 1. The van der Waals surface area contributed by atoms with Gasteiger partial charge in [0.1, 0.15) is 16.4 Å². The first kappa shape index (κ1) is 23.3. The second-order valence-corrected chi connectivity index (χ2v) is 9.30. The normalized spacial score (nSPS) is 17.4. The molecule has 0 spiro atoms. The lowest BCUT2D eigenvalue weighted by Gasteiger charge is -2.25. The van der Waals surface area contributed by atoms with E-state index in [0.717, 1.165) is 29.7 Å². The fourth-order valence-corrected chi connectivity index (χ4v) is 5.48. The third-order valence-corrected chi connectivity index (χ3v) is 7.01. The van der Waals surface area contributed by atoms with Crippen molar-refractivity contribution in [3.8, 4) is 11.6 Å². The van der Waals surface area contributed by atoms with Crippen LogP contribution < -0.4 is 4.74 Å². The van der Waals surface area contributed by atoms with Gasteiger partial charge in [-0.2, -0.15) is 31.3 Å². The fourth-order valence-electron chi connectivity index (χ4n) is 4.21. The molecule has 1 aromatic carbocycles. The second kappa shape index (κ2) is 8.65. The minimum Gasteiger partial charge on any atom is -0.438 e. The first-order valence-corrected chi connectivity index (χ1v) is 11.5. The van der Waals surface area contributed by atoms with Crippen LogP contribution in [0.15, 0.2) is 18.2 Å². The molecule has 3 aromatic rings. The van der Waals surface area contributed by atoms with Crippen molar-refractivity contribution < 1.29 is 35.8 Å². The average molecular weight is 503 g/mol. The molecule has 0 atom stereocenters. The molecule has 0 amide bonds. The van der Waals surface area contributed by atoms with Crippen molar-refractivity contribution in [2.45, 2.75) is 38.2 Å². The molecule has 12 heteroatoms. The Morgan fingerprint density at radius 1 is 0.941 bits per heavy atom. The minimum atomic E-state index is -4.97. The van der Waals surface area contributed by atoms with E-state index in [1.807, 2.05) is 0 Å². The summed E-state index contributed by atoms with van der Waals surface area (Å²) in [6, 6.07) is 1.21. The zero-order valence-electron chi connectivity index (χ0n) is 17.7. The molecular formula is C22H19F6N3O2S.